The minimum Gasteiger partial charge on any atom is -0.387 e. The van der Waals surface area contributed by atoms with Crippen molar-refractivity contribution < 1.29 is 22.9 Å². The number of hydrogen-bond acceptors (Lipinski definition) is 4. The lowest BCUT2D eigenvalue weighted by molar-refractivity contribution is -0.122. The van der Waals surface area contributed by atoms with E-state index in [-0.39, 0.29) is 12.3 Å². The van der Waals surface area contributed by atoms with Crippen molar-refractivity contribution >= 4 is 16.0 Å². The molecule has 6 nitrogen and oxygen atoms in total. The topological polar surface area (TPSA) is 104 Å². The quantitative estimate of drug-likeness (QED) is 0.0324. The fourth-order valence-corrected chi connectivity index (χ4v) is 6.91. The van der Waals surface area contributed by atoms with Gasteiger partial charge in [-0.2, -0.15) is 8.42 Å². The van der Waals surface area contributed by atoms with Crippen molar-refractivity contribution in [2.24, 2.45) is 0 Å². The van der Waals surface area contributed by atoms with Crippen molar-refractivity contribution in [3.63, 3.8) is 0 Å². The molecule has 0 aromatic carbocycles. The van der Waals surface area contributed by atoms with Crippen molar-refractivity contribution in [2.75, 3.05) is 5.75 Å². The van der Waals surface area contributed by atoms with Crippen LogP contribution in [-0.4, -0.2) is 41.9 Å². The first-order valence-electron chi connectivity index (χ1n) is 23.2. The lowest BCUT2D eigenvalue weighted by Crippen LogP contribution is -2.46. The highest BCUT2D eigenvalue weighted by molar-refractivity contribution is 7.85. The molecule has 7 heteroatoms. The maximum Gasteiger partial charge on any atom is 0.267 e. The van der Waals surface area contributed by atoms with Crippen LogP contribution in [0.25, 0.3) is 0 Å². The first kappa shape index (κ1) is 55.7. The third kappa shape index (κ3) is 45.7. The van der Waals surface area contributed by atoms with Crippen molar-refractivity contribution in [3.8, 4) is 0 Å². The number of aliphatic hydroxyl groups excluding tert-OH is 1. The smallest absolute Gasteiger partial charge is 0.267 e. The molecule has 0 radical (unpaired) electrons. The summed E-state index contributed by atoms with van der Waals surface area (Å²) in [5, 5.41) is 13.2. The summed E-state index contributed by atoms with van der Waals surface area (Å²) in [5.74, 6) is -1.10. The average Bonchev–Trinajstić information content (AvgIpc) is 3.20. The van der Waals surface area contributed by atoms with Crippen molar-refractivity contribution in [1.29, 1.82) is 0 Å². The van der Waals surface area contributed by atoms with Gasteiger partial charge in [0.15, 0.2) is 0 Å². The van der Waals surface area contributed by atoms with Crippen LogP contribution in [0, 0.1) is 0 Å². The van der Waals surface area contributed by atoms with Gasteiger partial charge in [0.1, 0.15) is 0 Å². The molecule has 0 saturated heterocycles. The Morgan fingerprint density at radius 1 is 0.475 bits per heavy atom. The van der Waals surface area contributed by atoms with Crippen LogP contribution in [0.3, 0.4) is 0 Å². The third-order valence-electron chi connectivity index (χ3n) is 9.60. The van der Waals surface area contributed by atoms with Crippen LogP contribution in [-0.2, 0) is 14.9 Å². The van der Waals surface area contributed by atoms with Gasteiger partial charge >= 0.3 is 0 Å². The van der Waals surface area contributed by atoms with Gasteiger partial charge in [0.05, 0.1) is 17.9 Å². The highest BCUT2D eigenvalue weighted by Gasteiger charge is 2.24. The lowest BCUT2D eigenvalue weighted by atomic mass is 10.1. The molecule has 0 spiro atoms. The van der Waals surface area contributed by atoms with E-state index in [1.807, 2.05) is 6.08 Å². The Kier molecular flexibility index (Phi) is 41.8. The number of amides is 1. The van der Waals surface area contributed by atoms with E-state index < -0.39 is 28.0 Å². The van der Waals surface area contributed by atoms with Crippen LogP contribution in [0.2, 0.25) is 0 Å². The minimum atomic E-state index is -4.39. The predicted octanol–water partition coefficient (Wildman–Crippen LogP) is 14.5. The van der Waals surface area contributed by atoms with Gasteiger partial charge in [0.2, 0.25) is 5.91 Å². The Balaban J connectivity index is 4.09. The molecule has 0 aromatic rings. The Hall–Kier alpha value is -3.26. The number of rotatable bonds is 40. The van der Waals surface area contributed by atoms with Crippen molar-refractivity contribution in [3.05, 3.63) is 122 Å². The summed E-state index contributed by atoms with van der Waals surface area (Å²) in [4.78, 5) is 12.5. The van der Waals surface area contributed by atoms with E-state index in [1.54, 1.807) is 6.08 Å². The molecule has 2 unspecified atom stereocenters. The van der Waals surface area contributed by atoms with Crippen LogP contribution in [0.15, 0.2) is 122 Å². The van der Waals surface area contributed by atoms with Gasteiger partial charge in [-0.25, -0.2) is 0 Å². The van der Waals surface area contributed by atoms with Crippen molar-refractivity contribution in [2.45, 2.75) is 193 Å². The van der Waals surface area contributed by atoms with Gasteiger partial charge < -0.3 is 10.4 Å². The van der Waals surface area contributed by atoms with Crippen molar-refractivity contribution in [1.82, 2.24) is 5.32 Å². The Labute approximate surface area is 363 Å². The van der Waals surface area contributed by atoms with E-state index in [0.29, 0.717) is 19.3 Å². The second kappa shape index (κ2) is 44.3. The minimum absolute atomic E-state index is 0.196. The zero-order valence-electron chi connectivity index (χ0n) is 37.3. The molecule has 0 aromatic heterocycles. The molecule has 2 atom stereocenters. The van der Waals surface area contributed by atoms with Crippen LogP contribution in [0.4, 0.5) is 0 Å². The Bertz CT molecular complexity index is 1380. The molecular formula is C52H85NO5S. The highest BCUT2D eigenvalue weighted by Crippen LogP contribution is 2.12. The summed E-state index contributed by atoms with van der Waals surface area (Å²) < 4.78 is 32.6. The third-order valence-corrected chi connectivity index (χ3v) is 10.4. The molecular weight excluding hydrogens is 751 g/mol. The largest absolute Gasteiger partial charge is 0.387 e. The summed E-state index contributed by atoms with van der Waals surface area (Å²) in [6.07, 6.45) is 69.1. The van der Waals surface area contributed by atoms with E-state index in [9.17, 15) is 22.9 Å². The molecule has 0 rings (SSSR count). The van der Waals surface area contributed by atoms with Gasteiger partial charge in [0, 0.05) is 6.42 Å². The normalized spacial score (nSPS) is 14.3. The predicted molar refractivity (Wildman–Crippen MR) is 257 cm³/mol. The molecule has 0 saturated carbocycles. The van der Waals surface area contributed by atoms with Gasteiger partial charge in [-0.1, -0.05) is 200 Å². The maximum absolute atomic E-state index is 12.5. The number of carbonyl (C=O) groups is 1. The Morgan fingerprint density at radius 3 is 1.27 bits per heavy atom. The molecule has 0 aliphatic carbocycles. The number of aliphatic hydroxyl groups is 1. The number of nitrogens with one attached hydrogen (secondary N) is 1. The van der Waals surface area contributed by atoms with E-state index in [0.717, 1.165) is 70.6 Å². The number of carbonyl (C=O) groups excluding carboxylic acids is 1. The van der Waals surface area contributed by atoms with Gasteiger partial charge in [-0.05, 0) is 96.3 Å². The number of unbranched alkanes of at least 4 members (excludes halogenated alkanes) is 14. The van der Waals surface area contributed by atoms with Gasteiger partial charge in [-0.3, -0.25) is 9.35 Å². The zero-order valence-corrected chi connectivity index (χ0v) is 38.1. The molecule has 0 fully saturated rings. The number of allylic oxidation sites excluding steroid dienone is 19. The first-order valence-corrected chi connectivity index (χ1v) is 24.8. The maximum atomic E-state index is 12.5. The van der Waals surface area contributed by atoms with Crippen LogP contribution in [0.5, 0.6) is 0 Å². The summed E-state index contributed by atoms with van der Waals surface area (Å²) in [5.41, 5.74) is 0. The highest BCUT2D eigenvalue weighted by atomic mass is 32.2. The van der Waals surface area contributed by atoms with E-state index >= 15 is 0 Å². The average molecular weight is 836 g/mol. The molecule has 0 bridgehead atoms. The molecule has 0 aliphatic rings. The van der Waals surface area contributed by atoms with E-state index in [1.165, 1.54) is 76.7 Å². The summed E-state index contributed by atoms with van der Waals surface area (Å²) in [6.45, 7) is 4.42. The summed E-state index contributed by atoms with van der Waals surface area (Å²) >= 11 is 0. The standard InChI is InChI=1S/C52H85NO5S/c1-3-5-7-9-11-13-15-17-19-21-23-25-26-28-30-32-34-36-38-40-42-44-46-48-52(55)53-50(49-59(56,57)58)51(54)47-45-43-41-39-37-35-33-31-29-27-24-22-20-18-16-14-12-10-8-6-4-2/h5,7,11,13,17,19,23,25,28-31,34,36-37,39-40,42,45,47,50-51,54H,3-4,6,8-10,12,14-16,18,20-22,24,26-27,32-33,35,38,41,43-44,46,48-49H2,1-2H3,(H,53,55)(H,56,57,58)/b7-5-,13-11-,19-17-,25-23-,30-28-,31-29+,36-34-,39-37+,42-40-,47-45+. The second-order valence-corrected chi connectivity index (χ2v) is 16.8. The molecule has 0 aliphatic heterocycles. The molecule has 1 amide bonds. The Morgan fingerprint density at radius 2 is 0.831 bits per heavy atom. The molecule has 3 N–H and O–H groups in total. The first-order chi connectivity index (χ1) is 28.8. The second-order valence-electron chi connectivity index (χ2n) is 15.3. The summed E-state index contributed by atoms with van der Waals surface area (Å²) in [7, 11) is -4.39. The number of hydrogen-bond donors (Lipinski definition) is 3. The van der Waals surface area contributed by atoms with Crippen LogP contribution in [0.1, 0.15) is 181 Å². The lowest BCUT2D eigenvalue weighted by Gasteiger charge is -2.21. The van der Waals surface area contributed by atoms with Crippen LogP contribution >= 0.6 is 0 Å². The van der Waals surface area contributed by atoms with Crippen LogP contribution < -0.4 is 5.32 Å². The molecule has 334 valence electrons. The summed E-state index contributed by atoms with van der Waals surface area (Å²) in [6, 6.07) is -1.12. The fraction of sp³-hybridized carbons (Fsp3) is 0.596. The monoisotopic (exact) mass is 836 g/mol. The fourth-order valence-electron chi connectivity index (χ4n) is 6.18. The molecule has 59 heavy (non-hydrogen) atoms. The van der Waals surface area contributed by atoms with Gasteiger partial charge in [0.25, 0.3) is 10.1 Å². The zero-order chi connectivity index (χ0) is 43.2. The SMILES string of the molecule is CC/C=C\C/C=C\C/C=C\C/C=C\C/C=C\C/C=C\C/C=C\CCCC(=O)NC(CS(=O)(=O)O)C(O)/C=C/CC/C=C/CC/C=C/CCCCCCCCCCCCC. The van der Waals surface area contributed by atoms with Gasteiger partial charge in [-0.15, -0.1) is 0 Å². The van der Waals surface area contributed by atoms with E-state index in [4.69, 9.17) is 0 Å². The molecule has 0 heterocycles. The van der Waals surface area contributed by atoms with E-state index in [2.05, 4.69) is 122 Å².